The van der Waals surface area contributed by atoms with Crippen LogP contribution in [-0.2, 0) is 14.3 Å². The number of esters is 1. The van der Waals surface area contributed by atoms with Crippen molar-refractivity contribution in [1.82, 2.24) is 9.80 Å². The Morgan fingerprint density at radius 2 is 2.03 bits per heavy atom. The van der Waals surface area contributed by atoms with Gasteiger partial charge >= 0.3 is 5.97 Å². The van der Waals surface area contributed by atoms with E-state index in [9.17, 15) is 9.59 Å². The summed E-state index contributed by atoms with van der Waals surface area (Å²) in [6, 6.07) is 6.93. The largest absolute Gasteiger partial charge is 0.466 e. The van der Waals surface area contributed by atoms with Gasteiger partial charge in [0.1, 0.15) is 0 Å². The molecule has 0 saturated heterocycles. The zero-order valence-corrected chi connectivity index (χ0v) is 18.5. The smallest absolute Gasteiger partial charge is 0.338 e. The number of carbonyl (C=O) groups is 2. The Labute approximate surface area is 180 Å². The second kappa shape index (κ2) is 9.05. The lowest BCUT2D eigenvalue weighted by molar-refractivity contribution is -0.136. The van der Waals surface area contributed by atoms with Crippen LogP contribution in [0.1, 0.15) is 38.8 Å². The van der Waals surface area contributed by atoms with Crippen LogP contribution >= 0.6 is 23.4 Å². The van der Waals surface area contributed by atoms with Gasteiger partial charge in [-0.05, 0) is 43.9 Å². The Hall–Kier alpha value is -2.25. The maximum Gasteiger partial charge on any atom is 0.338 e. The molecule has 1 unspecified atom stereocenters. The standard InChI is InChI=1S/C21H24ClN3O3S/c1-5-24(6-2)17(26)11-16-12-29-21-23-13(3)18(20(27)28-4)19(25(16)21)14-8-7-9-15(22)10-14/h7-10,12,19H,5-6,11H2,1-4H3. The van der Waals surface area contributed by atoms with Crippen molar-refractivity contribution in [3.8, 4) is 0 Å². The first kappa shape index (κ1) is 21.5. The van der Waals surface area contributed by atoms with E-state index in [1.807, 2.05) is 42.4 Å². The molecular weight excluding hydrogens is 410 g/mol. The molecule has 8 heteroatoms. The van der Waals surface area contributed by atoms with Gasteiger partial charge < -0.3 is 14.5 Å². The number of aliphatic imine (C=N–C) groups is 1. The Kier molecular flexibility index (Phi) is 6.70. The van der Waals surface area contributed by atoms with Crippen molar-refractivity contribution in [1.29, 1.82) is 0 Å². The summed E-state index contributed by atoms with van der Waals surface area (Å²) >= 11 is 7.70. The van der Waals surface area contributed by atoms with Crippen LogP contribution in [0, 0.1) is 0 Å². The average Bonchev–Trinajstić information content (AvgIpc) is 3.09. The van der Waals surface area contributed by atoms with E-state index < -0.39 is 12.0 Å². The lowest BCUT2D eigenvalue weighted by atomic mass is 9.94. The van der Waals surface area contributed by atoms with Crippen LogP contribution < -0.4 is 0 Å². The number of halogens is 1. The minimum atomic E-state index is -0.459. The molecule has 29 heavy (non-hydrogen) atoms. The normalized spacial score (nSPS) is 18.2. The summed E-state index contributed by atoms with van der Waals surface area (Å²) in [5, 5.41) is 3.25. The van der Waals surface area contributed by atoms with Gasteiger partial charge in [-0.15, -0.1) is 0 Å². The Morgan fingerprint density at radius 3 is 2.66 bits per heavy atom. The fourth-order valence-electron chi connectivity index (χ4n) is 3.58. The van der Waals surface area contributed by atoms with Crippen molar-refractivity contribution < 1.29 is 14.3 Å². The predicted molar refractivity (Wildman–Crippen MR) is 116 cm³/mol. The van der Waals surface area contributed by atoms with Gasteiger partial charge in [-0.3, -0.25) is 4.79 Å². The second-order valence-electron chi connectivity index (χ2n) is 6.68. The number of nitrogens with zero attached hydrogens (tertiary/aromatic N) is 3. The number of amidine groups is 1. The maximum atomic E-state index is 12.8. The number of ether oxygens (including phenoxy) is 1. The van der Waals surface area contributed by atoms with Gasteiger partial charge in [-0.1, -0.05) is 35.5 Å². The summed E-state index contributed by atoms with van der Waals surface area (Å²) in [7, 11) is 1.36. The van der Waals surface area contributed by atoms with Gasteiger partial charge in [0, 0.05) is 23.8 Å². The Morgan fingerprint density at radius 1 is 1.31 bits per heavy atom. The number of fused-ring (bicyclic) bond motifs is 1. The third-order valence-corrected chi connectivity index (χ3v) is 6.14. The number of amides is 1. The topological polar surface area (TPSA) is 62.2 Å². The fraction of sp³-hybridized carbons (Fsp3) is 0.381. The highest BCUT2D eigenvalue weighted by Crippen LogP contribution is 2.45. The monoisotopic (exact) mass is 433 g/mol. The average molecular weight is 434 g/mol. The van der Waals surface area contributed by atoms with Gasteiger partial charge in [-0.2, -0.15) is 0 Å². The summed E-state index contributed by atoms with van der Waals surface area (Å²) in [6.45, 7) is 7.03. The molecule has 2 aliphatic heterocycles. The van der Waals surface area contributed by atoms with E-state index in [2.05, 4.69) is 4.99 Å². The van der Waals surface area contributed by atoms with Crippen molar-refractivity contribution >= 4 is 40.4 Å². The van der Waals surface area contributed by atoms with Crippen LogP contribution in [0.2, 0.25) is 5.02 Å². The number of methoxy groups -OCH3 is 1. The van der Waals surface area contributed by atoms with Gasteiger partial charge in [0.05, 0.1) is 30.8 Å². The minimum Gasteiger partial charge on any atom is -0.466 e. The molecule has 154 valence electrons. The SMILES string of the molecule is CCN(CC)C(=O)CC1=CSC2=NC(C)=C(C(=O)OC)C(c3cccc(Cl)c3)N12. The van der Waals surface area contributed by atoms with Crippen LogP contribution in [0.5, 0.6) is 0 Å². The maximum absolute atomic E-state index is 12.8. The van der Waals surface area contributed by atoms with Crippen LogP contribution in [0.4, 0.5) is 0 Å². The van der Waals surface area contributed by atoms with Crippen molar-refractivity contribution in [2.75, 3.05) is 20.2 Å². The Bertz CT molecular complexity index is 922. The molecule has 2 heterocycles. The summed E-state index contributed by atoms with van der Waals surface area (Å²) in [5.41, 5.74) is 2.70. The highest BCUT2D eigenvalue weighted by atomic mass is 35.5. The van der Waals surface area contributed by atoms with E-state index in [-0.39, 0.29) is 12.3 Å². The van der Waals surface area contributed by atoms with E-state index in [1.54, 1.807) is 17.9 Å². The molecular formula is C21H24ClN3O3S. The van der Waals surface area contributed by atoms with E-state index in [0.29, 0.717) is 29.4 Å². The molecule has 1 aromatic carbocycles. The quantitative estimate of drug-likeness (QED) is 0.624. The highest BCUT2D eigenvalue weighted by molar-refractivity contribution is 8.16. The summed E-state index contributed by atoms with van der Waals surface area (Å²) in [4.78, 5) is 33.8. The molecule has 0 aromatic heterocycles. The van der Waals surface area contributed by atoms with E-state index in [0.717, 1.165) is 16.4 Å². The van der Waals surface area contributed by atoms with Gasteiger partial charge in [-0.25, -0.2) is 9.79 Å². The highest BCUT2D eigenvalue weighted by Gasteiger charge is 2.41. The predicted octanol–water partition coefficient (Wildman–Crippen LogP) is 4.35. The number of hydrogen-bond donors (Lipinski definition) is 0. The number of thioether (sulfide) groups is 1. The molecule has 3 rings (SSSR count). The van der Waals surface area contributed by atoms with E-state index in [1.165, 1.54) is 18.9 Å². The van der Waals surface area contributed by atoms with Crippen LogP contribution in [0.15, 0.2) is 51.6 Å². The van der Waals surface area contributed by atoms with Crippen molar-refractivity contribution in [3.05, 3.63) is 57.2 Å². The van der Waals surface area contributed by atoms with Gasteiger partial charge in [0.25, 0.3) is 0 Å². The molecule has 0 aliphatic carbocycles. The molecule has 0 saturated carbocycles. The number of rotatable bonds is 6. The summed E-state index contributed by atoms with van der Waals surface area (Å²) < 4.78 is 5.05. The van der Waals surface area contributed by atoms with E-state index >= 15 is 0 Å². The number of benzene rings is 1. The van der Waals surface area contributed by atoms with Crippen molar-refractivity contribution in [2.45, 2.75) is 33.2 Å². The summed E-state index contributed by atoms with van der Waals surface area (Å²) in [6.07, 6.45) is 0.234. The first-order chi connectivity index (χ1) is 13.9. The summed E-state index contributed by atoms with van der Waals surface area (Å²) in [5.74, 6) is -0.402. The zero-order valence-electron chi connectivity index (χ0n) is 16.9. The van der Waals surface area contributed by atoms with E-state index in [4.69, 9.17) is 16.3 Å². The molecule has 1 aromatic rings. The van der Waals surface area contributed by atoms with Crippen molar-refractivity contribution in [3.63, 3.8) is 0 Å². The minimum absolute atomic E-state index is 0.0406. The lowest BCUT2D eigenvalue weighted by Crippen LogP contribution is -2.38. The first-order valence-corrected chi connectivity index (χ1v) is 10.7. The van der Waals surface area contributed by atoms with Gasteiger partial charge in [0.2, 0.25) is 5.91 Å². The third-order valence-electron chi connectivity index (χ3n) is 5.02. The molecule has 2 aliphatic rings. The molecule has 0 fully saturated rings. The molecule has 0 spiro atoms. The number of carbonyl (C=O) groups excluding carboxylic acids is 2. The lowest BCUT2D eigenvalue weighted by Gasteiger charge is -2.36. The second-order valence-corrected chi connectivity index (χ2v) is 7.96. The molecule has 1 atom stereocenters. The molecule has 0 N–H and O–H groups in total. The molecule has 1 amide bonds. The first-order valence-electron chi connectivity index (χ1n) is 9.47. The molecule has 0 bridgehead atoms. The fourth-order valence-corrected chi connectivity index (χ4v) is 4.74. The van der Waals surface area contributed by atoms with Crippen LogP contribution in [0.3, 0.4) is 0 Å². The van der Waals surface area contributed by atoms with Gasteiger partial charge in [0.15, 0.2) is 5.17 Å². The zero-order chi connectivity index (χ0) is 21.1. The molecule has 6 nitrogen and oxygen atoms in total. The third kappa shape index (κ3) is 4.21. The Balaban J connectivity index is 2.05. The number of allylic oxidation sites excluding steroid dienone is 1. The van der Waals surface area contributed by atoms with Crippen LogP contribution in [0.25, 0.3) is 0 Å². The van der Waals surface area contributed by atoms with Crippen molar-refractivity contribution in [2.24, 2.45) is 4.99 Å². The van der Waals surface area contributed by atoms with Crippen LogP contribution in [-0.4, -0.2) is 47.0 Å². The number of hydrogen-bond acceptors (Lipinski definition) is 6. The molecule has 0 radical (unpaired) electrons.